The molecule has 2 fully saturated rings. The summed E-state index contributed by atoms with van der Waals surface area (Å²) in [5.74, 6) is 0.683. The van der Waals surface area contributed by atoms with Crippen molar-refractivity contribution in [3.05, 3.63) is 53.9 Å². The molecule has 1 amide bonds. The summed E-state index contributed by atoms with van der Waals surface area (Å²) in [6.45, 7) is 4.84. The van der Waals surface area contributed by atoms with Crippen LogP contribution in [0, 0.1) is 5.92 Å². The lowest BCUT2D eigenvalue weighted by atomic mass is 10.1. The Kier molecular flexibility index (Phi) is 6.55. The van der Waals surface area contributed by atoms with E-state index in [9.17, 15) is 4.79 Å². The van der Waals surface area contributed by atoms with E-state index in [0.717, 1.165) is 25.9 Å². The Morgan fingerprint density at radius 1 is 1.26 bits per heavy atom. The third-order valence-corrected chi connectivity index (χ3v) is 5.72. The van der Waals surface area contributed by atoms with E-state index >= 15 is 0 Å². The van der Waals surface area contributed by atoms with Crippen LogP contribution in [0.15, 0.2) is 42.6 Å². The Hall–Kier alpha value is -1.85. The standard InChI is InChI=1S/C21H28N4O.ClH/c1-16(18-9-10-18)24(15-17-6-3-2-4-7-17)21(26)20-11-13-25(23-20)19-8-5-12-22-14-19;/h2-4,6-7,11,13,16,18-19,22H,5,8-10,12,14-15H2,1H3;1H. The highest BCUT2D eigenvalue weighted by Crippen LogP contribution is 2.36. The van der Waals surface area contributed by atoms with E-state index in [2.05, 4.69) is 29.5 Å². The molecule has 6 heteroatoms. The number of hydrogen-bond donors (Lipinski definition) is 1. The molecular weight excluding hydrogens is 360 g/mol. The first-order chi connectivity index (χ1) is 12.7. The van der Waals surface area contributed by atoms with Crippen LogP contribution < -0.4 is 5.32 Å². The first-order valence-electron chi connectivity index (χ1n) is 9.83. The maximum absolute atomic E-state index is 13.3. The quantitative estimate of drug-likeness (QED) is 0.821. The largest absolute Gasteiger partial charge is 0.330 e. The van der Waals surface area contributed by atoms with E-state index in [4.69, 9.17) is 0 Å². The van der Waals surface area contributed by atoms with Gasteiger partial charge in [-0.1, -0.05) is 30.3 Å². The van der Waals surface area contributed by atoms with Crippen LogP contribution >= 0.6 is 12.4 Å². The summed E-state index contributed by atoms with van der Waals surface area (Å²) in [6, 6.07) is 12.8. The highest BCUT2D eigenvalue weighted by atomic mass is 35.5. The summed E-state index contributed by atoms with van der Waals surface area (Å²) < 4.78 is 1.97. The zero-order chi connectivity index (χ0) is 17.9. The summed E-state index contributed by atoms with van der Waals surface area (Å²) in [5.41, 5.74) is 1.74. The van der Waals surface area contributed by atoms with Gasteiger partial charge in [0.05, 0.1) is 6.04 Å². The predicted molar refractivity (Wildman–Crippen MR) is 109 cm³/mol. The number of carbonyl (C=O) groups is 1. The molecule has 2 aliphatic rings. The van der Waals surface area contributed by atoms with Crippen LogP contribution in [0.4, 0.5) is 0 Å². The minimum Gasteiger partial charge on any atom is -0.330 e. The van der Waals surface area contributed by atoms with Crippen LogP contribution in [0.2, 0.25) is 0 Å². The number of aromatic nitrogens is 2. The molecule has 1 saturated heterocycles. The van der Waals surface area contributed by atoms with Gasteiger partial charge in [0.15, 0.2) is 0 Å². The van der Waals surface area contributed by atoms with Crippen molar-refractivity contribution in [1.82, 2.24) is 20.0 Å². The molecule has 0 bridgehead atoms. The Morgan fingerprint density at radius 2 is 2.04 bits per heavy atom. The molecule has 4 rings (SSSR count). The van der Waals surface area contributed by atoms with E-state index in [-0.39, 0.29) is 24.4 Å². The monoisotopic (exact) mass is 388 g/mol. The number of hydrogen-bond acceptors (Lipinski definition) is 3. The van der Waals surface area contributed by atoms with Gasteiger partial charge in [-0.05, 0) is 56.7 Å². The van der Waals surface area contributed by atoms with Gasteiger partial charge in [-0.3, -0.25) is 9.48 Å². The van der Waals surface area contributed by atoms with Crippen LogP contribution in [0.25, 0.3) is 0 Å². The fraction of sp³-hybridized carbons (Fsp3) is 0.524. The third-order valence-electron chi connectivity index (χ3n) is 5.72. The Labute approximate surface area is 167 Å². The number of halogens is 1. The molecule has 2 aromatic rings. The SMILES string of the molecule is CC(C1CC1)N(Cc1ccccc1)C(=O)c1ccn(C2CCCNC2)n1.Cl. The summed E-state index contributed by atoms with van der Waals surface area (Å²) in [5, 5.41) is 8.06. The highest BCUT2D eigenvalue weighted by molar-refractivity contribution is 5.92. The molecule has 1 aromatic carbocycles. The maximum Gasteiger partial charge on any atom is 0.274 e. The van der Waals surface area contributed by atoms with Crippen molar-refractivity contribution < 1.29 is 4.79 Å². The average molecular weight is 389 g/mol. The molecule has 2 unspecified atom stereocenters. The molecule has 0 radical (unpaired) electrons. The summed E-state index contributed by atoms with van der Waals surface area (Å²) in [4.78, 5) is 15.3. The lowest BCUT2D eigenvalue weighted by Crippen LogP contribution is -2.39. The topological polar surface area (TPSA) is 50.2 Å². The first-order valence-corrected chi connectivity index (χ1v) is 9.83. The first kappa shape index (κ1) is 19.9. The van der Waals surface area contributed by atoms with E-state index in [0.29, 0.717) is 24.2 Å². The fourth-order valence-electron chi connectivity index (χ4n) is 3.88. The zero-order valence-electron chi connectivity index (χ0n) is 15.9. The normalized spacial score (nSPS) is 20.6. The van der Waals surface area contributed by atoms with Crippen LogP contribution in [0.3, 0.4) is 0 Å². The average Bonchev–Trinajstić information content (AvgIpc) is 3.43. The van der Waals surface area contributed by atoms with Crippen molar-refractivity contribution in [1.29, 1.82) is 0 Å². The lowest BCUT2D eigenvalue weighted by Gasteiger charge is -2.29. The summed E-state index contributed by atoms with van der Waals surface area (Å²) >= 11 is 0. The minimum absolute atomic E-state index is 0. The van der Waals surface area contributed by atoms with Crippen LogP contribution in [0.1, 0.15) is 54.7 Å². The molecule has 27 heavy (non-hydrogen) atoms. The van der Waals surface area contributed by atoms with Crippen molar-refractivity contribution in [2.45, 2.75) is 51.2 Å². The molecule has 146 valence electrons. The molecule has 1 aliphatic heterocycles. The predicted octanol–water partition coefficient (Wildman–Crippen LogP) is 3.67. The zero-order valence-corrected chi connectivity index (χ0v) is 16.7. The van der Waals surface area contributed by atoms with Crippen LogP contribution in [-0.4, -0.2) is 39.7 Å². The Morgan fingerprint density at radius 3 is 2.70 bits per heavy atom. The smallest absolute Gasteiger partial charge is 0.274 e. The number of carbonyl (C=O) groups excluding carboxylic acids is 1. The van der Waals surface area contributed by atoms with E-state index < -0.39 is 0 Å². The summed E-state index contributed by atoms with van der Waals surface area (Å²) in [7, 11) is 0. The lowest BCUT2D eigenvalue weighted by molar-refractivity contribution is 0.0646. The Bertz CT molecular complexity index is 738. The Balaban J connectivity index is 0.00000210. The highest BCUT2D eigenvalue weighted by Gasteiger charge is 2.35. The second kappa shape index (κ2) is 8.89. The number of benzene rings is 1. The van der Waals surface area contributed by atoms with E-state index in [1.807, 2.05) is 40.0 Å². The van der Waals surface area contributed by atoms with Gasteiger partial charge in [-0.15, -0.1) is 12.4 Å². The molecule has 5 nitrogen and oxygen atoms in total. The van der Waals surface area contributed by atoms with Crippen LogP contribution in [0.5, 0.6) is 0 Å². The van der Waals surface area contributed by atoms with Crippen molar-refractivity contribution in [2.75, 3.05) is 13.1 Å². The third kappa shape index (κ3) is 4.71. The molecule has 1 aliphatic carbocycles. The number of nitrogens with zero attached hydrogens (tertiary/aromatic N) is 3. The van der Waals surface area contributed by atoms with Gasteiger partial charge in [0, 0.05) is 25.3 Å². The molecule has 1 N–H and O–H groups in total. The number of rotatable bonds is 6. The van der Waals surface area contributed by atoms with Gasteiger partial charge in [0.1, 0.15) is 5.69 Å². The fourth-order valence-corrected chi connectivity index (χ4v) is 3.88. The second-order valence-electron chi connectivity index (χ2n) is 7.68. The minimum atomic E-state index is 0. The number of amides is 1. The van der Waals surface area contributed by atoms with E-state index in [1.54, 1.807) is 0 Å². The number of nitrogens with one attached hydrogen (secondary N) is 1. The van der Waals surface area contributed by atoms with Gasteiger partial charge in [0.2, 0.25) is 0 Å². The van der Waals surface area contributed by atoms with Crippen molar-refractivity contribution in [3.63, 3.8) is 0 Å². The van der Waals surface area contributed by atoms with Crippen molar-refractivity contribution in [2.24, 2.45) is 5.92 Å². The van der Waals surface area contributed by atoms with Gasteiger partial charge >= 0.3 is 0 Å². The van der Waals surface area contributed by atoms with E-state index in [1.165, 1.54) is 18.4 Å². The molecule has 1 aromatic heterocycles. The molecule has 2 atom stereocenters. The van der Waals surface area contributed by atoms with Gasteiger partial charge in [-0.2, -0.15) is 5.10 Å². The number of piperidine rings is 1. The molecule has 0 spiro atoms. The van der Waals surface area contributed by atoms with Crippen molar-refractivity contribution in [3.8, 4) is 0 Å². The molecule has 2 heterocycles. The molecular formula is C21H29ClN4O. The second-order valence-corrected chi connectivity index (χ2v) is 7.68. The van der Waals surface area contributed by atoms with Crippen molar-refractivity contribution >= 4 is 18.3 Å². The van der Waals surface area contributed by atoms with Crippen LogP contribution in [-0.2, 0) is 6.54 Å². The maximum atomic E-state index is 13.3. The summed E-state index contributed by atoms with van der Waals surface area (Å²) in [6.07, 6.45) is 6.69. The van der Waals surface area contributed by atoms with Gasteiger partial charge in [0.25, 0.3) is 5.91 Å². The molecule has 1 saturated carbocycles. The van der Waals surface area contributed by atoms with Gasteiger partial charge < -0.3 is 10.2 Å². The van der Waals surface area contributed by atoms with Gasteiger partial charge in [-0.25, -0.2) is 0 Å².